The lowest BCUT2D eigenvalue weighted by molar-refractivity contribution is -0.152. The highest BCUT2D eigenvalue weighted by Crippen LogP contribution is 2.31. The Balaban J connectivity index is 1.49. The SMILES string of the molecule is CC(C)(C)OC(=O)ON1CCC(c2nc(C(=O)N3CCCCC3)cs2)CC1. The number of ether oxygens (including phenoxy) is 1. The van der Waals surface area contributed by atoms with Crippen LogP contribution in [0.2, 0.25) is 0 Å². The van der Waals surface area contributed by atoms with Crippen molar-refractivity contribution in [2.75, 3.05) is 26.2 Å². The first-order valence-corrected chi connectivity index (χ1v) is 10.6. The van der Waals surface area contributed by atoms with Crippen molar-refractivity contribution in [3.8, 4) is 0 Å². The fourth-order valence-corrected chi connectivity index (χ4v) is 4.37. The number of thiazole rings is 1. The van der Waals surface area contributed by atoms with Gasteiger partial charge in [0, 0.05) is 37.5 Å². The summed E-state index contributed by atoms with van der Waals surface area (Å²) in [7, 11) is 0. The molecule has 1 aromatic rings. The standard InChI is InChI=1S/C19H29N3O4S/c1-19(2,3)25-18(24)26-22-11-7-14(8-12-22)16-20-15(13-27-16)17(23)21-9-5-4-6-10-21/h13-14H,4-12H2,1-3H3. The molecule has 2 saturated heterocycles. The minimum absolute atomic E-state index is 0.0582. The Bertz CT molecular complexity index is 656. The first kappa shape index (κ1) is 20.1. The molecule has 0 aliphatic carbocycles. The van der Waals surface area contributed by atoms with Gasteiger partial charge in [0.05, 0.1) is 5.01 Å². The summed E-state index contributed by atoms with van der Waals surface area (Å²) in [6.07, 6.45) is 4.39. The molecule has 7 nitrogen and oxygen atoms in total. The van der Waals surface area contributed by atoms with Crippen LogP contribution < -0.4 is 0 Å². The number of likely N-dealkylation sites (tertiary alicyclic amines) is 1. The van der Waals surface area contributed by atoms with Crippen molar-refractivity contribution in [2.24, 2.45) is 0 Å². The molecule has 2 aliphatic rings. The predicted octanol–water partition coefficient (Wildman–Crippen LogP) is 3.82. The van der Waals surface area contributed by atoms with Crippen LogP contribution in [0, 0.1) is 0 Å². The molecule has 0 saturated carbocycles. The molecule has 2 fully saturated rings. The van der Waals surface area contributed by atoms with E-state index in [1.165, 1.54) is 6.42 Å². The van der Waals surface area contributed by atoms with Crippen molar-refractivity contribution < 1.29 is 19.2 Å². The van der Waals surface area contributed by atoms with E-state index < -0.39 is 11.8 Å². The van der Waals surface area contributed by atoms with E-state index >= 15 is 0 Å². The molecule has 150 valence electrons. The highest BCUT2D eigenvalue weighted by atomic mass is 32.1. The smallest absolute Gasteiger partial charge is 0.427 e. The van der Waals surface area contributed by atoms with Crippen LogP contribution in [0.25, 0.3) is 0 Å². The van der Waals surface area contributed by atoms with E-state index in [0.29, 0.717) is 24.7 Å². The number of amides is 1. The van der Waals surface area contributed by atoms with Crippen molar-refractivity contribution in [1.29, 1.82) is 0 Å². The van der Waals surface area contributed by atoms with Crippen LogP contribution in [0.15, 0.2) is 5.38 Å². The van der Waals surface area contributed by atoms with Gasteiger partial charge in [-0.3, -0.25) is 4.79 Å². The third kappa shape index (κ3) is 5.65. The Morgan fingerprint density at radius 1 is 1.11 bits per heavy atom. The number of hydrogen-bond donors (Lipinski definition) is 0. The molecule has 0 aromatic carbocycles. The largest absolute Gasteiger partial charge is 0.528 e. The molecule has 3 rings (SSSR count). The molecule has 0 unspecified atom stereocenters. The summed E-state index contributed by atoms with van der Waals surface area (Å²) in [6.45, 7) is 8.39. The zero-order chi connectivity index (χ0) is 19.4. The highest BCUT2D eigenvalue weighted by molar-refractivity contribution is 7.09. The molecular formula is C19H29N3O4S. The maximum Gasteiger partial charge on any atom is 0.528 e. The normalized spacial score (nSPS) is 19.7. The Morgan fingerprint density at radius 3 is 2.41 bits per heavy atom. The van der Waals surface area contributed by atoms with Gasteiger partial charge in [0.1, 0.15) is 11.3 Å². The summed E-state index contributed by atoms with van der Waals surface area (Å²) in [6, 6.07) is 0. The van der Waals surface area contributed by atoms with Crippen molar-refractivity contribution in [3.05, 3.63) is 16.1 Å². The van der Waals surface area contributed by atoms with Crippen LogP contribution in [0.4, 0.5) is 4.79 Å². The molecular weight excluding hydrogens is 366 g/mol. The number of nitrogens with zero attached hydrogens (tertiary/aromatic N) is 3. The molecule has 27 heavy (non-hydrogen) atoms. The molecule has 1 aromatic heterocycles. The van der Waals surface area contributed by atoms with Crippen LogP contribution in [-0.2, 0) is 9.57 Å². The third-order valence-electron chi connectivity index (χ3n) is 4.78. The summed E-state index contributed by atoms with van der Waals surface area (Å²) in [5.41, 5.74) is 0.0115. The summed E-state index contributed by atoms with van der Waals surface area (Å²) < 4.78 is 5.18. The molecule has 0 N–H and O–H groups in total. The quantitative estimate of drug-likeness (QED) is 0.725. The Kier molecular flexibility index (Phi) is 6.37. The van der Waals surface area contributed by atoms with Gasteiger partial charge >= 0.3 is 6.16 Å². The van der Waals surface area contributed by atoms with Gasteiger partial charge in [0.15, 0.2) is 0 Å². The fraction of sp³-hybridized carbons (Fsp3) is 0.737. The van der Waals surface area contributed by atoms with Crippen LogP contribution >= 0.6 is 11.3 Å². The van der Waals surface area contributed by atoms with E-state index in [1.54, 1.807) is 16.4 Å². The Hall–Kier alpha value is -1.67. The van der Waals surface area contributed by atoms with Crippen LogP contribution in [0.3, 0.4) is 0 Å². The molecule has 8 heteroatoms. The van der Waals surface area contributed by atoms with Gasteiger partial charge in [0.25, 0.3) is 5.91 Å². The topological polar surface area (TPSA) is 72.0 Å². The first-order chi connectivity index (χ1) is 12.8. The van der Waals surface area contributed by atoms with E-state index in [4.69, 9.17) is 9.57 Å². The second kappa shape index (κ2) is 8.56. The molecule has 3 heterocycles. The second-order valence-electron chi connectivity index (χ2n) is 8.18. The molecule has 0 atom stereocenters. The molecule has 0 radical (unpaired) electrons. The Morgan fingerprint density at radius 2 is 1.78 bits per heavy atom. The van der Waals surface area contributed by atoms with Gasteiger partial charge in [0.2, 0.25) is 0 Å². The number of aromatic nitrogens is 1. The number of carbonyl (C=O) groups excluding carboxylic acids is 2. The van der Waals surface area contributed by atoms with E-state index in [-0.39, 0.29) is 5.91 Å². The zero-order valence-corrected chi connectivity index (χ0v) is 17.2. The molecule has 0 spiro atoms. The summed E-state index contributed by atoms with van der Waals surface area (Å²) >= 11 is 1.56. The minimum Gasteiger partial charge on any atom is -0.427 e. The lowest BCUT2D eigenvalue weighted by atomic mass is 9.99. The number of rotatable bonds is 3. The van der Waals surface area contributed by atoms with Crippen molar-refractivity contribution in [3.63, 3.8) is 0 Å². The molecule has 1 amide bonds. The minimum atomic E-state index is -0.662. The predicted molar refractivity (Wildman–Crippen MR) is 103 cm³/mol. The average Bonchev–Trinajstić information content (AvgIpc) is 3.11. The highest BCUT2D eigenvalue weighted by Gasteiger charge is 2.28. The third-order valence-corrected chi connectivity index (χ3v) is 5.79. The molecule has 2 aliphatic heterocycles. The first-order valence-electron chi connectivity index (χ1n) is 9.72. The lowest BCUT2D eigenvalue weighted by Gasteiger charge is -2.30. The van der Waals surface area contributed by atoms with Gasteiger partial charge in [-0.25, -0.2) is 9.78 Å². The van der Waals surface area contributed by atoms with Gasteiger partial charge in [-0.2, -0.15) is 0 Å². The average molecular weight is 396 g/mol. The number of hydroxylamine groups is 2. The van der Waals surface area contributed by atoms with Crippen molar-refractivity contribution in [1.82, 2.24) is 14.9 Å². The monoisotopic (exact) mass is 395 g/mol. The van der Waals surface area contributed by atoms with Gasteiger partial charge < -0.3 is 14.5 Å². The van der Waals surface area contributed by atoms with Crippen LogP contribution in [0.5, 0.6) is 0 Å². The maximum atomic E-state index is 12.6. The Labute approximate surface area is 164 Å². The number of carbonyl (C=O) groups is 2. The van der Waals surface area contributed by atoms with E-state index in [0.717, 1.165) is 43.8 Å². The summed E-state index contributed by atoms with van der Waals surface area (Å²) in [4.78, 5) is 36.1. The maximum absolute atomic E-state index is 12.6. The van der Waals surface area contributed by atoms with E-state index in [9.17, 15) is 9.59 Å². The molecule has 0 bridgehead atoms. The van der Waals surface area contributed by atoms with Gasteiger partial charge in [-0.1, -0.05) is 0 Å². The van der Waals surface area contributed by atoms with Gasteiger partial charge in [-0.15, -0.1) is 16.4 Å². The van der Waals surface area contributed by atoms with Crippen LogP contribution in [-0.4, -0.2) is 58.8 Å². The van der Waals surface area contributed by atoms with Crippen LogP contribution in [0.1, 0.15) is 74.3 Å². The summed E-state index contributed by atoms with van der Waals surface area (Å²) in [5.74, 6) is 0.360. The van der Waals surface area contributed by atoms with Crippen molar-refractivity contribution >= 4 is 23.4 Å². The van der Waals surface area contributed by atoms with Crippen molar-refractivity contribution in [2.45, 2.75) is 64.4 Å². The van der Waals surface area contributed by atoms with E-state index in [1.807, 2.05) is 31.1 Å². The fourth-order valence-electron chi connectivity index (χ4n) is 3.40. The van der Waals surface area contributed by atoms with E-state index in [2.05, 4.69) is 4.98 Å². The second-order valence-corrected chi connectivity index (χ2v) is 9.07. The lowest BCUT2D eigenvalue weighted by Crippen LogP contribution is -2.37. The summed E-state index contributed by atoms with van der Waals surface area (Å²) in [5, 5.41) is 4.54. The zero-order valence-electron chi connectivity index (χ0n) is 16.4. The number of hydrogen-bond acceptors (Lipinski definition) is 7. The number of piperidine rings is 2. The van der Waals surface area contributed by atoms with Gasteiger partial charge in [-0.05, 0) is 52.9 Å².